The topological polar surface area (TPSA) is 29.1 Å². The highest BCUT2D eigenvalue weighted by Gasteiger charge is 2.38. The Labute approximate surface area is 116 Å². The van der Waals surface area contributed by atoms with Gasteiger partial charge in [0.15, 0.2) is 5.78 Å². The molecule has 1 aliphatic heterocycles. The molecule has 1 saturated heterocycles. The highest BCUT2D eigenvalue weighted by Crippen LogP contribution is 2.37. The van der Waals surface area contributed by atoms with Gasteiger partial charge in [-0.3, -0.25) is 4.79 Å². The van der Waals surface area contributed by atoms with Crippen LogP contribution in [0.2, 0.25) is 0 Å². The molecule has 20 heavy (non-hydrogen) atoms. The minimum Gasteiger partial charge on any atom is -0.317 e. The number of hydrogen-bond acceptors (Lipinski definition) is 2. The van der Waals surface area contributed by atoms with Gasteiger partial charge in [0.1, 0.15) is 0 Å². The van der Waals surface area contributed by atoms with E-state index in [1.807, 2.05) is 6.92 Å². The van der Waals surface area contributed by atoms with Crippen molar-refractivity contribution < 1.29 is 18.0 Å². The van der Waals surface area contributed by atoms with E-state index in [4.69, 9.17) is 0 Å². The van der Waals surface area contributed by atoms with Gasteiger partial charge in [0.25, 0.3) is 0 Å². The van der Waals surface area contributed by atoms with Crippen LogP contribution in [-0.4, -0.2) is 18.9 Å². The molecule has 1 aromatic rings. The standard InChI is InChI=1S/C15H18F3NO/c1-2-14(7-9-19-10-8-14)13(20)11-3-5-12(6-4-11)15(16,17)18/h3-6,19H,2,7-10H2,1H3. The Morgan fingerprint density at radius 2 is 1.75 bits per heavy atom. The third kappa shape index (κ3) is 2.87. The van der Waals surface area contributed by atoms with Crippen LogP contribution in [0.3, 0.4) is 0 Å². The van der Waals surface area contributed by atoms with Crippen LogP contribution in [0.25, 0.3) is 0 Å². The molecule has 0 aliphatic carbocycles. The molecule has 0 atom stereocenters. The van der Waals surface area contributed by atoms with Gasteiger partial charge in [-0.1, -0.05) is 19.1 Å². The lowest BCUT2D eigenvalue weighted by molar-refractivity contribution is -0.137. The summed E-state index contributed by atoms with van der Waals surface area (Å²) in [6.45, 7) is 3.52. The Bertz CT molecular complexity index is 473. The Kier molecular flexibility index (Phi) is 4.18. The first-order valence-electron chi connectivity index (χ1n) is 6.82. The first-order chi connectivity index (χ1) is 9.39. The first-order valence-corrected chi connectivity index (χ1v) is 6.82. The number of hydrogen-bond donors (Lipinski definition) is 1. The number of ketones is 1. The van der Waals surface area contributed by atoms with E-state index in [-0.39, 0.29) is 5.78 Å². The quantitative estimate of drug-likeness (QED) is 0.859. The van der Waals surface area contributed by atoms with Gasteiger partial charge in [0.2, 0.25) is 0 Å². The molecule has 0 radical (unpaired) electrons. The van der Waals surface area contributed by atoms with Crippen LogP contribution in [-0.2, 0) is 6.18 Å². The zero-order valence-electron chi connectivity index (χ0n) is 11.4. The third-order valence-corrected chi connectivity index (χ3v) is 4.19. The maximum Gasteiger partial charge on any atom is 0.416 e. The Balaban J connectivity index is 2.24. The minimum absolute atomic E-state index is 0.0322. The van der Waals surface area contributed by atoms with Crippen LogP contribution < -0.4 is 5.32 Å². The molecular weight excluding hydrogens is 267 g/mol. The summed E-state index contributed by atoms with van der Waals surface area (Å²) in [6.07, 6.45) is -2.17. The molecule has 1 heterocycles. The molecule has 0 saturated carbocycles. The number of benzene rings is 1. The van der Waals surface area contributed by atoms with Crippen LogP contribution in [0.1, 0.15) is 42.1 Å². The summed E-state index contributed by atoms with van der Waals surface area (Å²) in [7, 11) is 0. The van der Waals surface area contributed by atoms with Crippen LogP contribution in [0, 0.1) is 5.41 Å². The number of alkyl halides is 3. The normalized spacial score (nSPS) is 18.8. The Morgan fingerprint density at radius 1 is 1.20 bits per heavy atom. The second-order valence-electron chi connectivity index (χ2n) is 5.29. The molecule has 0 amide bonds. The van der Waals surface area contributed by atoms with E-state index in [1.165, 1.54) is 12.1 Å². The van der Waals surface area contributed by atoms with E-state index in [1.54, 1.807) is 0 Å². The molecule has 0 bridgehead atoms. The van der Waals surface area contributed by atoms with Crippen LogP contribution in [0.5, 0.6) is 0 Å². The van der Waals surface area contributed by atoms with Crippen molar-refractivity contribution >= 4 is 5.78 Å². The molecule has 1 fully saturated rings. The molecule has 1 aromatic carbocycles. The number of halogens is 3. The summed E-state index contributed by atoms with van der Waals surface area (Å²) in [5, 5.41) is 3.21. The maximum absolute atomic E-state index is 12.6. The summed E-state index contributed by atoms with van der Waals surface area (Å²) < 4.78 is 37.6. The van der Waals surface area contributed by atoms with E-state index >= 15 is 0 Å². The molecule has 2 nitrogen and oxygen atoms in total. The predicted molar refractivity (Wildman–Crippen MR) is 70.6 cm³/mol. The van der Waals surface area contributed by atoms with Crippen molar-refractivity contribution in [3.8, 4) is 0 Å². The van der Waals surface area contributed by atoms with Crippen LogP contribution >= 0.6 is 0 Å². The summed E-state index contributed by atoms with van der Waals surface area (Å²) >= 11 is 0. The van der Waals surface area contributed by atoms with E-state index in [2.05, 4.69) is 5.32 Å². The molecule has 1 N–H and O–H groups in total. The number of carbonyl (C=O) groups excluding carboxylic acids is 1. The number of rotatable bonds is 3. The summed E-state index contributed by atoms with van der Waals surface area (Å²) in [4.78, 5) is 12.6. The number of carbonyl (C=O) groups is 1. The van der Waals surface area contributed by atoms with Gasteiger partial charge in [0, 0.05) is 11.0 Å². The second kappa shape index (κ2) is 5.56. The van der Waals surface area contributed by atoms with Gasteiger partial charge < -0.3 is 5.32 Å². The highest BCUT2D eigenvalue weighted by atomic mass is 19.4. The first kappa shape index (κ1) is 15.0. The third-order valence-electron chi connectivity index (χ3n) is 4.19. The largest absolute Gasteiger partial charge is 0.416 e. The predicted octanol–water partition coefficient (Wildman–Crippen LogP) is 3.67. The van der Waals surface area contributed by atoms with Crippen molar-refractivity contribution in [2.24, 2.45) is 5.41 Å². The molecule has 2 rings (SSSR count). The van der Waals surface area contributed by atoms with E-state index in [9.17, 15) is 18.0 Å². The summed E-state index contributed by atoms with van der Waals surface area (Å²) in [5.41, 5.74) is -0.767. The lowest BCUT2D eigenvalue weighted by Gasteiger charge is -2.35. The number of nitrogens with one attached hydrogen (secondary N) is 1. The molecule has 1 aliphatic rings. The van der Waals surface area contributed by atoms with Gasteiger partial charge in [-0.25, -0.2) is 0 Å². The highest BCUT2D eigenvalue weighted by molar-refractivity contribution is 6.00. The fourth-order valence-corrected chi connectivity index (χ4v) is 2.76. The van der Waals surface area contributed by atoms with Gasteiger partial charge in [-0.15, -0.1) is 0 Å². The monoisotopic (exact) mass is 285 g/mol. The smallest absolute Gasteiger partial charge is 0.317 e. The van der Waals surface area contributed by atoms with Crippen LogP contribution in [0.4, 0.5) is 13.2 Å². The molecular formula is C15H18F3NO. The number of piperidine rings is 1. The van der Waals surface area contributed by atoms with Gasteiger partial charge in [0.05, 0.1) is 5.56 Å². The van der Waals surface area contributed by atoms with E-state index < -0.39 is 17.2 Å². The van der Waals surface area contributed by atoms with Crippen LogP contribution in [0.15, 0.2) is 24.3 Å². The lowest BCUT2D eigenvalue weighted by atomic mass is 9.71. The molecule has 0 unspecified atom stereocenters. The average molecular weight is 285 g/mol. The Hall–Kier alpha value is -1.36. The van der Waals surface area contributed by atoms with Crippen molar-refractivity contribution in [2.45, 2.75) is 32.4 Å². The minimum atomic E-state index is -4.36. The average Bonchev–Trinajstić information content (AvgIpc) is 2.46. The van der Waals surface area contributed by atoms with E-state index in [0.717, 1.165) is 38.1 Å². The zero-order valence-corrected chi connectivity index (χ0v) is 11.4. The SMILES string of the molecule is CCC1(C(=O)c2ccc(C(F)(F)F)cc2)CCNCC1. The maximum atomic E-state index is 12.6. The van der Waals surface area contributed by atoms with Gasteiger partial charge >= 0.3 is 6.18 Å². The summed E-state index contributed by atoms with van der Waals surface area (Å²) in [6, 6.07) is 4.56. The zero-order chi connectivity index (χ0) is 14.8. The van der Waals surface area contributed by atoms with Crippen molar-refractivity contribution in [3.63, 3.8) is 0 Å². The van der Waals surface area contributed by atoms with Gasteiger partial charge in [-0.05, 0) is 44.5 Å². The summed E-state index contributed by atoms with van der Waals surface area (Å²) in [5.74, 6) is -0.0322. The molecule has 0 spiro atoms. The molecule has 110 valence electrons. The second-order valence-corrected chi connectivity index (χ2v) is 5.29. The molecule has 0 aromatic heterocycles. The Morgan fingerprint density at radius 3 is 2.20 bits per heavy atom. The van der Waals surface area contributed by atoms with E-state index in [0.29, 0.717) is 12.0 Å². The number of Topliss-reactive ketones (excluding diaryl/α,β-unsaturated/α-hetero) is 1. The van der Waals surface area contributed by atoms with Crippen molar-refractivity contribution in [1.82, 2.24) is 5.32 Å². The van der Waals surface area contributed by atoms with Crippen molar-refractivity contribution in [1.29, 1.82) is 0 Å². The molecule has 5 heteroatoms. The fraction of sp³-hybridized carbons (Fsp3) is 0.533. The van der Waals surface area contributed by atoms with Crippen molar-refractivity contribution in [3.05, 3.63) is 35.4 Å². The van der Waals surface area contributed by atoms with Crippen molar-refractivity contribution in [2.75, 3.05) is 13.1 Å². The lowest BCUT2D eigenvalue weighted by Crippen LogP contribution is -2.41. The van der Waals surface area contributed by atoms with Gasteiger partial charge in [-0.2, -0.15) is 13.2 Å². The fourth-order valence-electron chi connectivity index (χ4n) is 2.76.